The largest absolute Gasteiger partial charge is 0.392 e. The summed E-state index contributed by atoms with van der Waals surface area (Å²) in [6, 6.07) is 17.2. The van der Waals surface area contributed by atoms with Crippen LogP contribution in [0.4, 0.5) is 0 Å². The minimum atomic E-state index is 0.0995. The lowest BCUT2D eigenvalue weighted by Crippen LogP contribution is -1.92. The van der Waals surface area contributed by atoms with Crippen molar-refractivity contribution in [3.8, 4) is 0 Å². The zero-order valence-corrected chi connectivity index (χ0v) is 10.8. The van der Waals surface area contributed by atoms with E-state index < -0.39 is 0 Å². The third-order valence-corrected chi connectivity index (χ3v) is 4.19. The van der Waals surface area contributed by atoms with E-state index in [-0.39, 0.29) is 6.61 Å². The number of hydrogen-bond acceptors (Lipinski definition) is 1. The molecule has 0 aromatic heterocycles. The lowest BCUT2D eigenvalue weighted by Gasteiger charge is -2.14. The van der Waals surface area contributed by atoms with Crippen LogP contribution in [0.15, 0.2) is 48.5 Å². The average molecular weight is 246 g/mol. The first-order valence-corrected chi connectivity index (χ1v) is 6.56. The lowest BCUT2D eigenvalue weighted by atomic mass is 9.90. The fraction of sp³-hybridized carbons (Fsp3) is 0.111. The van der Waals surface area contributed by atoms with Crippen molar-refractivity contribution in [1.82, 2.24) is 0 Å². The summed E-state index contributed by atoms with van der Waals surface area (Å²) in [6.45, 7) is 2.19. The second kappa shape index (κ2) is 3.69. The quantitative estimate of drug-likeness (QED) is 0.494. The van der Waals surface area contributed by atoms with E-state index >= 15 is 0 Å². The van der Waals surface area contributed by atoms with Crippen LogP contribution in [0.25, 0.3) is 32.3 Å². The predicted molar refractivity (Wildman–Crippen MR) is 80.8 cm³/mol. The molecule has 4 aromatic rings. The van der Waals surface area contributed by atoms with Gasteiger partial charge in [0.15, 0.2) is 0 Å². The number of aryl methyl sites for hydroxylation is 1. The van der Waals surface area contributed by atoms with Crippen molar-refractivity contribution in [2.75, 3.05) is 0 Å². The van der Waals surface area contributed by atoms with Gasteiger partial charge in [0.05, 0.1) is 6.61 Å². The molecule has 0 amide bonds. The molecule has 4 aromatic carbocycles. The molecule has 0 bridgehead atoms. The van der Waals surface area contributed by atoms with Crippen molar-refractivity contribution < 1.29 is 5.11 Å². The van der Waals surface area contributed by atoms with Crippen LogP contribution in [0.3, 0.4) is 0 Å². The minimum Gasteiger partial charge on any atom is -0.392 e. The number of rotatable bonds is 1. The van der Waals surface area contributed by atoms with Gasteiger partial charge >= 0.3 is 0 Å². The van der Waals surface area contributed by atoms with Gasteiger partial charge in [-0.05, 0) is 56.4 Å². The smallest absolute Gasteiger partial charge is 0.0684 e. The molecule has 1 heteroatoms. The normalized spacial score (nSPS) is 11.9. The van der Waals surface area contributed by atoms with Crippen molar-refractivity contribution in [2.24, 2.45) is 0 Å². The maximum Gasteiger partial charge on any atom is 0.0684 e. The summed E-state index contributed by atoms with van der Waals surface area (Å²) in [5.74, 6) is 0. The van der Waals surface area contributed by atoms with Crippen LogP contribution in [0.5, 0.6) is 0 Å². The van der Waals surface area contributed by atoms with Gasteiger partial charge in [0.1, 0.15) is 0 Å². The molecule has 0 aliphatic heterocycles. The van der Waals surface area contributed by atoms with E-state index in [9.17, 15) is 5.11 Å². The van der Waals surface area contributed by atoms with Gasteiger partial charge in [0, 0.05) is 0 Å². The minimum absolute atomic E-state index is 0.0995. The molecular weight excluding hydrogens is 232 g/mol. The molecule has 0 spiro atoms. The maximum atomic E-state index is 9.50. The van der Waals surface area contributed by atoms with E-state index in [1.54, 1.807) is 0 Å². The number of aliphatic hydroxyl groups excluding tert-OH is 1. The fourth-order valence-electron chi connectivity index (χ4n) is 3.18. The van der Waals surface area contributed by atoms with Crippen molar-refractivity contribution >= 4 is 32.3 Å². The molecule has 0 unspecified atom stereocenters. The Bertz CT molecular complexity index is 890. The summed E-state index contributed by atoms with van der Waals surface area (Å²) >= 11 is 0. The van der Waals surface area contributed by atoms with Gasteiger partial charge in [0.2, 0.25) is 0 Å². The molecular formula is C18H14O. The SMILES string of the molecule is Cc1c(CO)cc2ccc3cccc4ccc1c2c34. The average Bonchev–Trinajstić information content (AvgIpc) is 2.46. The zero-order chi connectivity index (χ0) is 13.0. The molecule has 92 valence electrons. The summed E-state index contributed by atoms with van der Waals surface area (Å²) < 4.78 is 0. The summed E-state index contributed by atoms with van der Waals surface area (Å²) in [5, 5.41) is 17.2. The molecule has 1 N–H and O–H groups in total. The van der Waals surface area contributed by atoms with Gasteiger partial charge in [-0.1, -0.05) is 42.5 Å². The van der Waals surface area contributed by atoms with E-state index in [1.807, 2.05) is 0 Å². The van der Waals surface area contributed by atoms with Gasteiger partial charge in [-0.25, -0.2) is 0 Å². The summed E-state index contributed by atoms with van der Waals surface area (Å²) in [5.41, 5.74) is 2.21. The van der Waals surface area contributed by atoms with Gasteiger partial charge in [-0.2, -0.15) is 0 Å². The third-order valence-electron chi connectivity index (χ3n) is 4.19. The summed E-state index contributed by atoms with van der Waals surface area (Å²) in [6.07, 6.45) is 0. The fourth-order valence-corrected chi connectivity index (χ4v) is 3.18. The van der Waals surface area contributed by atoms with E-state index in [0.29, 0.717) is 0 Å². The molecule has 0 heterocycles. The van der Waals surface area contributed by atoms with Crippen molar-refractivity contribution in [2.45, 2.75) is 13.5 Å². The van der Waals surface area contributed by atoms with E-state index in [4.69, 9.17) is 0 Å². The topological polar surface area (TPSA) is 20.2 Å². The number of aliphatic hydroxyl groups is 1. The Balaban J connectivity index is 2.37. The molecule has 0 fully saturated rings. The van der Waals surface area contributed by atoms with Crippen LogP contribution >= 0.6 is 0 Å². The summed E-state index contributed by atoms with van der Waals surface area (Å²) in [4.78, 5) is 0. The first-order chi connectivity index (χ1) is 9.29. The van der Waals surface area contributed by atoms with Gasteiger partial charge < -0.3 is 5.11 Å². The standard InChI is InChI=1S/C18H14O/c1-11-15(10-19)9-14-6-5-12-3-2-4-13-7-8-16(11)18(14)17(12)13/h2-9,19H,10H2,1H3. The van der Waals surface area contributed by atoms with Crippen LogP contribution in [0.1, 0.15) is 11.1 Å². The monoisotopic (exact) mass is 246 g/mol. The maximum absolute atomic E-state index is 9.50. The lowest BCUT2D eigenvalue weighted by molar-refractivity contribution is 0.281. The van der Waals surface area contributed by atoms with Crippen molar-refractivity contribution in [3.05, 3.63) is 59.7 Å². The van der Waals surface area contributed by atoms with Crippen molar-refractivity contribution in [3.63, 3.8) is 0 Å². The Morgan fingerprint density at radius 1 is 0.842 bits per heavy atom. The van der Waals surface area contributed by atoms with E-state index in [0.717, 1.165) is 5.56 Å². The molecule has 4 rings (SSSR count). The van der Waals surface area contributed by atoms with Crippen LogP contribution in [-0.2, 0) is 6.61 Å². The van der Waals surface area contributed by atoms with Crippen LogP contribution in [0, 0.1) is 6.92 Å². The number of benzene rings is 4. The Morgan fingerprint density at radius 3 is 2.26 bits per heavy atom. The Labute approximate surface area is 111 Å². The molecule has 1 nitrogen and oxygen atoms in total. The number of hydrogen-bond donors (Lipinski definition) is 1. The first-order valence-electron chi connectivity index (χ1n) is 6.56. The van der Waals surface area contributed by atoms with E-state index in [1.165, 1.54) is 37.9 Å². The van der Waals surface area contributed by atoms with Gasteiger partial charge in [-0.3, -0.25) is 0 Å². The highest BCUT2D eigenvalue weighted by molar-refractivity contribution is 6.23. The second-order valence-electron chi connectivity index (χ2n) is 5.17. The van der Waals surface area contributed by atoms with Crippen LogP contribution < -0.4 is 0 Å². The van der Waals surface area contributed by atoms with Crippen LogP contribution in [0.2, 0.25) is 0 Å². The highest BCUT2D eigenvalue weighted by Gasteiger charge is 2.11. The molecule has 0 saturated carbocycles. The Hall–Kier alpha value is -2.12. The van der Waals surface area contributed by atoms with Crippen molar-refractivity contribution in [1.29, 1.82) is 0 Å². The van der Waals surface area contributed by atoms with Gasteiger partial charge in [-0.15, -0.1) is 0 Å². The van der Waals surface area contributed by atoms with E-state index in [2.05, 4.69) is 55.5 Å². The Morgan fingerprint density at radius 2 is 1.53 bits per heavy atom. The molecule has 19 heavy (non-hydrogen) atoms. The zero-order valence-electron chi connectivity index (χ0n) is 10.8. The van der Waals surface area contributed by atoms with Gasteiger partial charge in [0.25, 0.3) is 0 Å². The first kappa shape index (κ1) is 10.8. The Kier molecular flexibility index (Phi) is 2.09. The molecule has 0 atom stereocenters. The molecule has 0 saturated heterocycles. The second-order valence-corrected chi connectivity index (χ2v) is 5.17. The molecule has 0 radical (unpaired) electrons. The third kappa shape index (κ3) is 1.33. The summed E-state index contributed by atoms with van der Waals surface area (Å²) in [7, 11) is 0. The van der Waals surface area contributed by atoms with Crippen LogP contribution in [-0.4, -0.2) is 5.11 Å². The highest BCUT2D eigenvalue weighted by Crippen LogP contribution is 2.36. The predicted octanol–water partition coefficient (Wildman–Crippen LogP) is 4.38. The molecule has 0 aliphatic carbocycles. The highest BCUT2D eigenvalue weighted by atomic mass is 16.3. The molecule has 0 aliphatic rings.